The molecule has 14 heavy (non-hydrogen) atoms. The van der Waals surface area contributed by atoms with Crippen molar-refractivity contribution >= 4 is 11.6 Å². The van der Waals surface area contributed by atoms with E-state index in [0.29, 0.717) is 5.92 Å². The van der Waals surface area contributed by atoms with Crippen LogP contribution in [0.2, 0.25) is 5.02 Å². The Morgan fingerprint density at radius 3 is 2.79 bits per heavy atom. The van der Waals surface area contributed by atoms with Crippen molar-refractivity contribution in [2.45, 2.75) is 25.7 Å². The van der Waals surface area contributed by atoms with Gasteiger partial charge in [-0.2, -0.15) is 0 Å². The van der Waals surface area contributed by atoms with E-state index >= 15 is 0 Å². The van der Waals surface area contributed by atoms with Gasteiger partial charge in [0, 0.05) is 5.02 Å². The molecule has 0 radical (unpaired) electrons. The van der Waals surface area contributed by atoms with Crippen molar-refractivity contribution in [2.75, 3.05) is 6.54 Å². The fourth-order valence-corrected chi connectivity index (χ4v) is 2.28. The van der Waals surface area contributed by atoms with Gasteiger partial charge in [-0.25, -0.2) is 0 Å². The first-order chi connectivity index (χ1) is 6.74. The van der Waals surface area contributed by atoms with Crippen molar-refractivity contribution in [1.82, 2.24) is 0 Å². The minimum absolute atomic E-state index is 0.522. The summed E-state index contributed by atoms with van der Waals surface area (Å²) >= 11 is 6.10. The Bertz CT molecular complexity index is 331. The van der Waals surface area contributed by atoms with Gasteiger partial charge in [0.1, 0.15) is 0 Å². The molecular formula is C12H16ClN. The maximum atomic E-state index is 6.10. The highest BCUT2D eigenvalue weighted by molar-refractivity contribution is 6.31. The van der Waals surface area contributed by atoms with E-state index in [1.807, 2.05) is 12.1 Å². The second kappa shape index (κ2) is 3.92. The lowest BCUT2D eigenvalue weighted by Gasteiger charge is -2.17. The number of benzene rings is 1. The zero-order chi connectivity index (χ0) is 10.1. The Morgan fingerprint density at radius 1 is 1.50 bits per heavy atom. The molecule has 1 aromatic carbocycles. The van der Waals surface area contributed by atoms with E-state index < -0.39 is 0 Å². The molecule has 0 bridgehead atoms. The van der Waals surface area contributed by atoms with Crippen LogP contribution >= 0.6 is 11.6 Å². The molecular weight excluding hydrogens is 194 g/mol. The number of rotatable bonds is 3. The van der Waals surface area contributed by atoms with Crippen LogP contribution in [-0.4, -0.2) is 6.54 Å². The van der Waals surface area contributed by atoms with Gasteiger partial charge in [-0.3, -0.25) is 0 Å². The molecule has 1 aromatic rings. The fourth-order valence-electron chi connectivity index (χ4n) is 2.10. The summed E-state index contributed by atoms with van der Waals surface area (Å²) in [5, 5.41) is 0.863. The van der Waals surface area contributed by atoms with E-state index in [9.17, 15) is 0 Å². The Labute approximate surface area is 90.3 Å². The molecule has 1 saturated carbocycles. The monoisotopic (exact) mass is 209 g/mol. The predicted octanol–water partition coefficient (Wildman–Crippen LogP) is 3.10. The number of hydrogen-bond donors (Lipinski definition) is 1. The van der Waals surface area contributed by atoms with E-state index in [4.69, 9.17) is 17.3 Å². The van der Waals surface area contributed by atoms with Gasteiger partial charge in [-0.15, -0.1) is 0 Å². The fraction of sp³-hybridized carbons (Fsp3) is 0.500. The standard InChI is InChI=1S/C12H16ClN/c1-8-10(3-2-4-12(8)13)11(7-14)9-5-6-9/h2-4,9,11H,5-7,14H2,1H3. The van der Waals surface area contributed by atoms with Gasteiger partial charge in [0.15, 0.2) is 0 Å². The van der Waals surface area contributed by atoms with Gasteiger partial charge >= 0.3 is 0 Å². The maximum Gasteiger partial charge on any atom is 0.0438 e. The van der Waals surface area contributed by atoms with Crippen LogP contribution in [0.25, 0.3) is 0 Å². The first-order valence-corrected chi connectivity index (χ1v) is 5.57. The van der Waals surface area contributed by atoms with E-state index in [1.165, 1.54) is 24.0 Å². The molecule has 76 valence electrons. The topological polar surface area (TPSA) is 26.0 Å². The minimum atomic E-state index is 0.522. The summed E-state index contributed by atoms with van der Waals surface area (Å²) in [6, 6.07) is 6.13. The van der Waals surface area contributed by atoms with Crippen LogP contribution in [0.5, 0.6) is 0 Å². The lowest BCUT2D eigenvalue weighted by molar-refractivity contribution is 0.612. The van der Waals surface area contributed by atoms with Crippen molar-refractivity contribution in [3.63, 3.8) is 0 Å². The van der Waals surface area contributed by atoms with Gasteiger partial charge in [0.25, 0.3) is 0 Å². The molecule has 0 amide bonds. The molecule has 1 aliphatic rings. The molecule has 1 fully saturated rings. The van der Waals surface area contributed by atoms with E-state index in [1.54, 1.807) is 0 Å². The molecule has 0 aromatic heterocycles. The van der Waals surface area contributed by atoms with Crippen LogP contribution in [-0.2, 0) is 0 Å². The third kappa shape index (κ3) is 1.79. The van der Waals surface area contributed by atoms with Crippen LogP contribution in [0.1, 0.15) is 29.9 Å². The highest BCUT2D eigenvalue weighted by Gasteiger charge is 2.32. The highest BCUT2D eigenvalue weighted by atomic mass is 35.5. The Balaban J connectivity index is 2.33. The molecule has 0 saturated heterocycles. The third-order valence-corrected chi connectivity index (χ3v) is 3.56. The average Bonchev–Trinajstić information content (AvgIpc) is 2.97. The van der Waals surface area contributed by atoms with Gasteiger partial charge < -0.3 is 5.73 Å². The molecule has 1 unspecified atom stereocenters. The molecule has 0 heterocycles. The third-order valence-electron chi connectivity index (χ3n) is 3.15. The van der Waals surface area contributed by atoms with E-state index in [-0.39, 0.29) is 0 Å². The Kier molecular flexibility index (Phi) is 2.80. The number of hydrogen-bond acceptors (Lipinski definition) is 1. The lowest BCUT2D eigenvalue weighted by atomic mass is 9.91. The van der Waals surface area contributed by atoms with Crippen molar-refractivity contribution in [1.29, 1.82) is 0 Å². The molecule has 2 N–H and O–H groups in total. The van der Waals surface area contributed by atoms with E-state index in [0.717, 1.165) is 17.5 Å². The normalized spacial score (nSPS) is 18.2. The average molecular weight is 210 g/mol. The summed E-state index contributed by atoms with van der Waals surface area (Å²) < 4.78 is 0. The summed E-state index contributed by atoms with van der Waals surface area (Å²) in [6.07, 6.45) is 2.65. The second-order valence-corrected chi connectivity index (χ2v) is 4.54. The number of halogens is 1. The van der Waals surface area contributed by atoms with Gasteiger partial charge in [-0.1, -0.05) is 23.7 Å². The smallest absolute Gasteiger partial charge is 0.0438 e. The van der Waals surface area contributed by atoms with Crippen molar-refractivity contribution in [3.05, 3.63) is 34.3 Å². The van der Waals surface area contributed by atoms with Crippen molar-refractivity contribution < 1.29 is 0 Å². The lowest BCUT2D eigenvalue weighted by Crippen LogP contribution is -2.15. The largest absolute Gasteiger partial charge is 0.330 e. The van der Waals surface area contributed by atoms with Crippen molar-refractivity contribution in [2.24, 2.45) is 11.7 Å². The summed E-state index contributed by atoms with van der Waals surface area (Å²) in [7, 11) is 0. The van der Waals surface area contributed by atoms with Crippen LogP contribution in [0, 0.1) is 12.8 Å². The van der Waals surface area contributed by atoms with Gasteiger partial charge in [-0.05, 0) is 55.3 Å². The summed E-state index contributed by atoms with van der Waals surface area (Å²) in [5.41, 5.74) is 8.38. The zero-order valence-electron chi connectivity index (χ0n) is 8.46. The van der Waals surface area contributed by atoms with E-state index in [2.05, 4.69) is 13.0 Å². The SMILES string of the molecule is Cc1c(Cl)cccc1C(CN)C1CC1. The Hall–Kier alpha value is -0.530. The summed E-state index contributed by atoms with van der Waals surface area (Å²) in [4.78, 5) is 0. The zero-order valence-corrected chi connectivity index (χ0v) is 9.22. The second-order valence-electron chi connectivity index (χ2n) is 4.13. The molecule has 2 heteroatoms. The van der Waals surface area contributed by atoms with Crippen molar-refractivity contribution in [3.8, 4) is 0 Å². The highest BCUT2D eigenvalue weighted by Crippen LogP contribution is 2.43. The molecule has 0 spiro atoms. The van der Waals surface area contributed by atoms with Gasteiger partial charge in [0.2, 0.25) is 0 Å². The minimum Gasteiger partial charge on any atom is -0.330 e. The first-order valence-electron chi connectivity index (χ1n) is 5.19. The molecule has 2 rings (SSSR count). The summed E-state index contributed by atoms with van der Waals surface area (Å²) in [6.45, 7) is 2.83. The molecule has 1 aliphatic carbocycles. The van der Waals surface area contributed by atoms with Crippen LogP contribution in [0.4, 0.5) is 0 Å². The molecule has 0 aliphatic heterocycles. The summed E-state index contributed by atoms with van der Waals surface area (Å²) in [5.74, 6) is 1.32. The molecule has 1 nitrogen and oxygen atoms in total. The van der Waals surface area contributed by atoms with Crippen LogP contribution in [0.3, 0.4) is 0 Å². The first kappa shape index (κ1) is 10.0. The number of nitrogens with two attached hydrogens (primary N) is 1. The van der Waals surface area contributed by atoms with Crippen LogP contribution in [0.15, 0.2) is 18.2 Å². The van der Waals surface area contributed by atoms with Crippen LogP contribution < -0.4 is 5.73 Å². The maximum absolute atomic E-state index is 6.10. The molecule has 1 atom stereocenters. The predicted molar refractivity (Wildman–Crippen MR) is 60.7 cm³/mol. The Morgan fingerprint density at radius 2 is 2.21 bits per heavy atom. The quantitative estimate of drug-likeness (QED) is 0.814. The van der Waals surface area contributed by atoms with Gasteiger partial charge in [0.05, 0.1) is 0 Å².